The SMILES string of the molecule is Cc1noc(NC(=O)NC(CCC(=O)O)Cc2ccccc2)n1. The van der Waals surface area contributed by atoms with Gasteiger partial charge < -0.3 is 14.9 Å². The van der Waals surface area contributed by atoms with E-state index in [0.717, 1.165) is 5.56 Å². The molecule has 2 aromatic rings. The highest BCUT2D eigenvalue weighted by Gasteiger charge is 2.16. The summed E-state index contributed by atoms with van der Waals surface area (Å²) < 4.78 is 4.81. The van der Waals surface area contributed by atoms with Crippen LogP contribution in [0.15, 0.2) is 34.9 Å². The van der Waals surface area contributed by atoms with Gasteiger partial charge >= 0.3 is 18.0 Å². The van der Waals surface area contributed by atoms with Crippen molar-refractivity contribution in [1.29, 1.82) is 0 Å². The summed E-state index contributed by atoms with van der Waals surface area (Å²) in [4.78, 5) is 26.6. The van der Waals surface area contributed by atoms with E-state index in [0.29, 0.717) is 18.7 Å². The van der Waals surface area contributed by atoms with Gasteiger partial charge in [-0.15, -0.1) is 0 Å². The average Bonchev–Trinajstić information content (AvgIpc) is 2.90. The van der Waals surface area contributed by atoms with Crippen LogP contribution in [0.2, 0.25) is 0 Å². The zero-order chi connectivity index (χ0) is 16.7. The van der Waals surface area contributed by atoms with Gasteiger partial charge in [0.15, 0.2) is 5.82 Å². The first-order valence-electron chi connectivity index (χ1n) is 7.16. The molecule has 0 saturated carbocycles. The molecule has 0 aliphatic rings. The third-order valence-corrected chi connectivity index (χ3v) is 3.11. The fraction of sp³-hybridized carbons (Fsp3) is 0.333. The highest BCUT2D eigenvalue weighted by Crippen LogP contribution is 2.09. The summed E-state index contributed by atoms with van der Waals surface area (Å²) in [6, 6.07) is 8.70. The summed E-state index contributed by atoms with van der Waals surface area (Å²) in [5.74, 6) is -0.496. The van der Waals surface area contributed by atoms with Crippen molar-refractivity contribution in [3.63, 3.8) is 0 Å². The Morgan fingerprint density at radius 2 is 2.04 bits per heavy atom. The number of carbonyl (C=O) groups is 2. The van der Waals surface area contributed by atoms with Crippen molar-refractivity contribution < 1.29 is 19.2 Å². The van der Waals surface area contributed by atoms with Gasteiger partial charge in [0.2, 0.25) is 0 Å². The fourth-order valence-corrected chi connectivity index (χ4v) is 2.09. The van der Waals surface area contributed by atoms with Gasteiger partial charge in [-0.25, -0.2) is 4.79 Å². The lowest BCUT2D eigenvalue weighted by Crippen LogP contribution is -2.39. The first-order valence-corrected chi connectivity index (χ1v) is 7.16. The predicted octanol–water partition coefficient (Wildman–Crippen LogP) is 1.98. The predicted molar refractivity (Wildman–Crippen MR) is 82.0 cm³/mol. The standard InChI is InChI=1S/C15H18N4O4/c1-10-16-15(23-19-10)18-14(22)17-12(7-8-13(20)21)9-11-5-3-2-4-6-11/h2-6,12H,7-9H2,1H3,(H,20,21)(H2,16,17,18,19,22). The van der Waals surface area contributed by atoms with E-state index in [4.69, 9.17) is 9.63 Å². The van der Waals surface area contributed by atoms with Gasteiger partial charge in [-0.05, 0) is 25.3 Å². The molecule has 0 fully saturated rings. The number of aryl methyl sites for hydroxylation is 1. The normalized spacial score (nSPS) is 11.7. The minimum absolute atomic E-state index is 0.00306. The summed E-state index contributed by atoms with van der Waals surface area (Å²) in [5.41, 5.74) is 1.01. The number of aliphatic carboxylic acids is 1. The van der Waals surface area contributed by atoms with Gasteiger partial charge in [0.05, 0.1) is 0 Å². The van der Waals surface area contributed by atoms with Crippen molar-refractivity contribution in [2.24, 2.45) is 0 Å². The molecule has 1 aromatic carbocycles. The number of carboxylic acids is 1. The summed E-state index contributed by atoms with van der Waals surface area (Å²) in [6.07, 6.45) is 0.822. The van der Waals surface area contributed by atoms with Crippen molar-refractivity contribution in [1.82, 2.24) is 15.5 Å². The van der Waals surface area contributed by atoms with E-state index in [1.165, 1.54) is 0 Å². The molecule has 1 atom stereocenters. The molecule has 0 radical (unpaired) electrons. The molecule has 0 saturated heterocycles. The molecule has 2 rings (SSSR count). The zero-order valence-electron chi connectivity index (χ0n) is 12.7. The molecule has 1 aromatic heterocycles. The van der Waals surface area contributed by atoms with Gasteiger partial charge in [0.25, 0.3) is 0 Å². The number of benzene rings is 1. The molecular weight excluding hydrogens is 300 g/mol. The lowest BCUT2D eigenvalue weighted by atomic mass is 10.0. The number of rotatable bonds is 7. The van der Waals surface area contributed by atoms with Crippen molar-refractivity contribution in [3.05, 3.63) is 41.7 Å². The zero-order valence-corrected chi connectivity index (χ0v) is 12.7. The molecule has 2 amide bonds. The van der Waals surface area contributed by atoms with E-state index in [-0.39, 0.29) is 18.5 Å². The number of anilines is 1. The number of nitrogens with zero attached hydrogens (tertiary/aromatic N) is 2. The molecule has 0 aliphatic carbocycles. The Morgan fingerprint density at radius 3 is 2.65 bits per heavy atom. The van der Waals surface area contributed by atoms with Crippen LogP contribution >= 0.6 is 0 Å². The summed E-state index contributed by atoms with van der Waals surface area (Å²) in [7, 11) is 0. The molecular formula is C15H18N4O4. The smallest absolute Gasteiger partial charge is 0.329 e. The van der Waals surface area contributed by atoms with E-state index in [9.17, 15) is 9.59 Å². The number of nitrogens with one attached hydrogen (secondary N) is 2. The van der Waals surface area contributed by atoms with E-state index in [1.807, 2.05) is 30.3 Å². The van der Waals surface area contributed by atoms with Crippen molar-refractivity contribution in [2.45, 2.75) is 32.2 Å². The lowest BCUT2D eigenvalue weighted by molar-refractivity contribution is -0.137. The number of hydrogen-bond acceptors (Lipinski definition) is 5. The van der Waals surface area contributed by atoms with Crippen molar-refractivity contribution in [2.75, 3.05) is 5.32 Å². The van der Waals surface area contributed by atoms with E-state index < -0.39 is 12.0 Å². The third-order valence-electron chi connectivity index (χ3n) is 3.11. The van der Waals surface area contributed by atoms with Crippen molar-refractivity contribution >= 4 is 18.0 Å². The van der Waals surface area contributed by atoms with Crippen LogP contribution in [0.25, 0.3) is 0 Å². The molecule has 8 heteroatoms. The van der Waals surface area contributed by atoms with Crippen LogP contribution in [0.3, 0.4) is 0 Å². The number of carboxylic acid groups (broad SMARTS) is 1. The van der Waals surface area contributed by atoms with Crippen LogP contribution in [-0.4, -0.2) is 33.3 Å². The van der Waals surface area contributed by atoms with Gasteiger partial charge in [-0.3, -0.25) is 10.1 Å². The monoisotopic (exact) mass is 318 g/mol. The summed E-state index contributed by atoms with van der Waals surface area (Å²) in [5, 5.41) is 17.6. The molecule has 3 N–H and O–H groups in total. The maximum atomic E-state index is 12.0. The Bertz CT molecular complexity index is 657. The Balaban J connectivity index is 1.95. The van der Waals surface area contributed by atoms with Gasteiger partial charge in [-0.1, -0.05) is 35.5 Å². The second-order valence-corrected chi connectivity index (χ2v) is 5.06. The number of amides is 2. The average molecular weight is 318 g/mol. The Kier molecular flexibility index (Phi) is 5.67. The second kappa shape index (κ2) is 7.92. The van der Waals surface area contributed by atoms with Crippen LogP contribution in [0.5, 0.6) is 0 Å². The first kappa shape index (κ1) is 16.5. The minimum Gasteiger partial charge on any atom is -0.481 e. The highest BCUT2D eigenvalue weighted by atomic mass is 16.5. The summed E-state index contributed by atoms with van der Waals surface area (Å²) >= 11 is 0. The van der Waals surface area contributed by atoms with Crippen molar-refractivity contribution in [3.8, 4) is 0 Å². The summed E-state index contributed by atoms with van der Waals surface area (Å²) in [6.45, 7) is 1.64. The topological polar surface area (TPSA) is 117 Å². The first-order chi connectivity index (χ1) is 11.0. The maximum Gasteiger partial charge on any atom is 0.329 e. The Hall–Kier alpha value is -2.90. The van der Waals surface area contributed by atoms with E-state index in [1.54, 1.807) is 6.92 Å². The largest absolute Gasteiger partial charge is 0.481 e. The van der Waals surface area contributed by atoms with E-state index >= 15 is 0 Å². The highest BCUT2D eigenvalue weighted by molar-refractivity contribution is 5.87. The van der Waals surface area contributed by atoms with Gasteiger partial charge in [0.1, 0.15) is 0 Å². The molecule has 23 heavy (non-hydrogen) atoms. The minimum atomic E-state index is -0.905. The Labute approximate surface area is 132 Å². The maximum absolute atomic E-state index is 12.0. The van der Waals surface area contributed by atoms with Crippen LogP contribution in [-0.2, 0) is 11.2 Å². The fourth-order valence-electron chi connectivity index (χ4n) is 2.09. The van der Waals surface area contributed by atoms with Crippen LogP contribution < -0.4 is 10.6 Å². The second-order valence-electron chi connectivity index (χ2n) is 5.06. The molecule has 1 unspecified atom stereocenters. The molecule has 0 bridgehead atoms. The lowest BCUT2D eigenvalue weighted by Gasteiger charge is -2.18. The van der Waals surface area contributed by atoms with Gasteiger partial charge in [0, 0.05) is 12.5 Å². The van der Waals surface area contributed by atoms with Crippen LogP contribution in [0.1, 0.15) is 24.2 Å². The van der Waals surface area contributed by atoms with Crippen LogP contribution in [0.4, 0.5) is 10.8 Å². The molecule has 8 nitrogen and oxygen atoms in total. The van der Waals surface area contributed by atoms with Crippen LogP contribution in [0, 0.1) is 6.92 Å². The number of hydrogen-bond donors (Lipinski definition) is 3. The van der Waals surface area contributed by atoms with E-state index in [2.05, 4.69) is 20.8 Å². The molecule has 0 aliphatic heterocycles. The number of aromatic nitrogens is 2. The third kappa shape index (κ3) is 5.77. The molecule has 1 heterocycles. The number of urea groups is 1. The molecule has 0 spiro atoms. The van der Waals surface area contributed by atoms with Gasteiger partial charge in [-0.2, -0.15) is 4.98 Å². The Morgan fingerprint density at radius 1 is 1.30 bits per heavy atom. The quantitative estimate of drug-likeness (QED) is 0.718. The number of carbonyl (C=O) groups excluding carboxylic acids is 1. The molecule has 122 valence electrons.